The maximum absolute atomic E-state index is 12.6. The average Bonchev–Trinajstić information content (AvgIpc) is 2.74. The second-order valence-corrected chi connectivity index (χ2v) is 7.52. The molecule has 2 amide bonds. The average molecular weight is 435 g/mol. The van der Waals surface area contributed by atoms with Crippen molar-refractivity contribution in [2.24, 2.45) is 0 Å². The van der Waals surface area contributed by atoms with Crippen molar-refractivity contribution in [1.29, 1.82) is 0 Å². The Morgan fingerprint density at radius 2 is 1.73 bits per heavy atom. The molecule has 9 nitrogen and oxygen atoms in total. The molecule has 1 aromatic carbocycles. The van der Waals surface area contributed by atoms with Gasteiger partial charge in [0.2, 0.25) is 5.95 Å². The van der Waals surface area contributed by atoms with Crippen LogP contribution in [0.3, 0.4) is 0 Å². The van der Waals surface area contributed by atoms with E-state index in [-0.39, 0.29) is 0 Å². The van der Waals surface area contributed by atoms with Crippen LogP contribution in [-0.2, 0) is 0 Å². The number of urea groups is 1. The van der Waals surface area contributed by atoms with E-state index in [1.165, 1.54) is 20.6 Å². The predicted octanol–water partition coefficient (Wildman–Crippen LogP) is 3.85. The number of methoxy groups -OCH3 is 2. The van der Waals surface area contributed by atoms with Crippen LogP contribution in [0.4, 0.5) is 27.9 Å². The van der Waals surface area contributed by atoms with Crippen LogP contribution in [0.2, 0.25) is 5.02 Å². The molecule has 2 N–H and O–H groups in total. The zero-order chi connectivity index (χ0) is 21.7. The number of amides is 2. The third-order valence-corrected chi connectivity index (χ3v) is 5.08. The number of ether oxygens (including phenoxy) is 2. The van der Waals surface area contributed by atoms with E-state index in [0.717, 1.165) is 25.9 Å². The molecule has 162 valence electrons. The van der Waals surface area contributed by atoms with Gasteiger partial charge in [0.25, 0.3) is 0 Å². The van der Waals surface area contributed by atoms with E-state index >= 15 is 0 Å². The molecule has 0 spiro atoms. The third-order valence-electron chi connectivity index (χ3n) is 4.79. The number of aromatic nitrogens is 2. The smallest absolute Gasteiger partial charge is 0.323 e. The molecule has 1 saturated heterocycles. The van der Waals surface area contributed by atoms with E-state index in [1.807, 2.05) is 19.0 Å². The zero-order valence-electron chi connectivity index (χ0n) is 17.7. The minimum atomic E-state index is -0.466. The highest BCUT2D eigenvalue weighted by Gasteiger charge is 2.19. The molecule has 2 heterocycles. The number of carbonyl (C=O) groups is 1. The van der Waals surface area contributed by atoms with E-state index < -0.39 is 6.03 Å². The first kappa shape index (κ1) is 21.8. The van der Waals surface area contributed by atoms with Gasteiger partial charge in [0.05, 0.1) is 31.1 Å². The molecule has 2 aromatic rings. The Kier molecular flexibility index (Phi) is 7.04. The fourth-order valence-corrected chi connectivity index (χ4v) is 3.51. The highest BCUT2D eigenvalue weighted by molar-refractivity contribution is 6.32. The number of piperidine rings is 1. The molecule has 30 heavy (non-hydrogen) atoms. The van der Waals surface area contributed by atoms with Gasteiger partial charge in [0, 0.05) is 33.3 Å². The van der Waals surface area contributed by atoms with E-state index in [9.17, 15) is 4.79 Å². The number of halogens is 1. The Labute approximate surface area is 181 Å². The molecule has 1 aromatic heterocycles. The fourth-order valence-electron chi connectivity index (χ4n) is 3.27. The molecule has 0 saturated carbocycles. The molecular formula is C20H27ClN6O3. The lowest BCUT2D eigenvalue weighted by molar-refractivity contribution is 0.262. The quantitative estimate of drug-likeness (QED) is 0.713. The van der Waals surface area contributed by atoms with Gasteiger partial charge >= 0.3 is 6.03 Å². The zero-order valence-corrected chi connectivity index (χ0v) is 18.4. The van der Waals surface area contributed by atoms with Crippen LogP contribution in [0, 0.1) is 0 Å². The maximum Gasteiger partial charge on any atom is 0.323 e. The van der Waals surface area contributed by atoms with Crippen LogP contribution in [-0.4, -0.2) is 57.4 Å². The largest absolute Gasteiger partial charge is 0.495 e. The Hall–Kier alpha value is -2.94. The second-order valence-electron chi connectivity index (χ2n) is 7.12. The van der Waals surface area contributed by atoms with Crippen molar-refractivity contribution in [3.63, 3.8) is 0 Å². The molecule has 0 atom stereocenters. The molecule has 1 fully saturated rings. The Bertz CT molecular complexity index is 902. The first-order valence-electron chi connectivity index (χ1n) is 9.71. The van der Waals surface area contributed by atoms with Gasteiger partial charge in [-0.25, -0.2) is 9.78 Å². The van der Waals surface area contributed by atoms with Crippen LogP contribution in [0.15, 0.2) is 18.3 Å². The number of nitrogens with zero attached hydrogens (tertiary/aromatic N) is 4. The number of nitrogens with one attached hydrogen (secondary N) is 2. The molecule has 10 heteroatoms. The van der Waals surface area contributed by atoms with Gasteiger partial charge in [-0.1, -0.05) is 11.6 Å². The van der Waals surface area contributed by atoms with E-state index in [4.69, 9.17) is 21.1 Å². The molecule has 0 bridgehead atoms. The third kappa shape index (κ3) is 4.96. The summed E-state index contributed by atoms with van der Waals surface area (Å²) in [5.41, 5.74) is 0.912. The van der Waals surface area contributed by atoms with E-state index in [0.29, 0.717) is 39.7 Å². The Morgan fingerprint density at radius 1 is 1.07 bits per heavy atom. The summed E-state index contributed by atoms with van der Waals surface area (Å²) in [7, 11) is 6.76. The van der Waals surface area contributed by atoms with Gasteiger partial charge in [0.15, 0.2) is 5.82 Å². The van der Waals surface area contributed by atoms with Gasteiger partial charge in [-0.15, -0.1) is 0 Å². The first-order valence-corrected chi connectivity index (χ1v) is 10.1. The van der Waals surface area contributed by atoms with E-state index in [2.05, 4.69) is 25.5 Å². The van der Waals surface area contributed by atoms with Gasteiger partial charge < -0.3 is 29.9 Å². The summed E-state index contributed by atoms with van der Waals surface area (Å²) in [6.07, 6.45) is 5.13. The summed E-state index contributed by atoms with van der Waals surface area (Å²) in [5.74, 6) is 2.18. The Balaban J connectivity index is 1.78. The van der Waals surface area contributed by atoms with Gasteiger partial charge in [-0.3, -0.25) is 0 Å². The molecule has 0 radical (unpaired) electrons. The van der Waals surface area contributed by atoms with Crippen LogP contribution >= 0.6 is 11.6 Å². The minimum Gasteiger partial charge on any atom is -0.495 e. The standard InChI is InChI=1S/C20H27ClN6O3/c1-26(2)18-15(12-22-19(25-18)27-8-6-5-7-9-27)24-20(28)23-14-10-13(21)16(29-3)11-17(14)30-4/h10-12H,5-9H2,1-4H3,(H2,23,24,28). The SMILES string of the molecule is COc1cc(OC)c(NC(=O)Nc2cnc(N3CCCCC3)nc2N(C)C)cc1Cl. The lowest BCUT2D eigenvalue weighted by Crippen LogP contribution is -2.31. The van der Waals surface area contributed by atoms with Crippen molar-refractivity contribution in [2.75, 3.05) is 61.8 Å². The van der Waals surface area contributed by atoms with Crippen molar-refractivity contribution in [2.45, 2.75) is 19.3 Å². The number of anilines is 4. The summed E-state index contributed by atoms with van der Waals surface area (Å²) in [6, 6.07) is 2.72. The molecule has 1 aliphatic rings. The first-order chi connectivity index (χ1) is 14.4. The maximum atomic E-state index is 12.6. The number of hydrogen-bond acceptors (Lipinski definition) is 7. The molecule has 0 unspecified atom stereocenters. The minimum absolute atomic E-state index is 0.358. The number of benzene rings is 1. The topological polar surface area (TPSA) is 91.8 Å². The number of rotatable bonds is 6. The monoisotopic (exact) mass is 434 g/mol. The van der Waals surface area contributed by atoms with Gasteiger partial charge in [-0.2, -0.15) is 4.98 Å². The normalized spacial score (nSPS) is 13.6. The van der Waals surface area contributed by atoms with Gasteiger partial charge in [-0.05, 0) is 25.3 Å². The van der Waals surface area contributed by atoms with E-state index in [1.54, 1.807) is 18.3 Å². The Morgan fingerprint density at radius 3 is 2.37 bits per heavy atom. The highest BCUT2D eigenvalue weighted by atomic mass is 35.5. The van der Waals surface area contributed by atoms with Crippen LogP contribution in [0.25, 0.3) is 0 Å². The number of carbonyl (C=O) groups excluding carboxylic acids is 1. The van der Waals surface area contributed by atoms with Crippen molar-refractivity contribution in [1.82, 2.24) is 9.97 Å². The number of hydrogen-bond donors (Lipinski definition) is 2. The summed E-state index contributed by atoms with van der Waals surface area (Å²) in [4.78, 5) is 25.8. The summed E-state index contributed by atoms with van der Waals surface area (Å²) in [5, 5.41) is 5.91. The summed E-state index contributed by atoms with van der Waals surface area (Å²) in [6.45, 7) is 1.89. The molecule has 3 rings (SSSR count). The van der Waals surface area contributed by atoms with Gasteiger partial charge in [0.1, 0.15) is 17.2 Å². The molecule has 1 aliphatic heterocycles. The second kappa shape index (κ2) is 9.71. The van der Waals surface area contributed by atoms with Crippen molar-refractivity contribution in [3.05, 3.63) is 23.4 Å². The van der Waals surface area contributed by atoms with Crippen molar-refractivity contribution < 1.29 is 14.3 Å². The predicted molar refractivity (Wildman–Crippen MR) is 120 cm³/mol. The fraction of sp³-hybridized carbons (Fsp3) is 0.450. The molecule has 0 aliphatic carbocycles. The van der Waals surface area contributed by atoms with Crippen LogP contribution in [0.5, 0.6) is 11.5 Å². The van der Waals surface area contributed by atoms with Crippen molar-refractivity contribution >= 4 is 40.8 Å². The van der Waals surface area contributed by atoms with Crippen LogP contribution < -0.4 is 29.9 Å². The van der Waals surface area contributed by atoms with Crippen LogP contribution in [0.1, 0.15) is 19.3 Å². The lowest BCUT2D eigenvalue weighted by atomic mass is 10.1. The summed E-state index contributed by atoms with van der Waals surface area (Å²) >= 11 is 6.18. The summed E-state index contributed by atoms with van der Waals surface area (Å²) < 4.78 is 10.5. The van der Waals surface area contributed by atoms with Crippen molar-refractivity contribution in [3.8, 4) is 11.5 Å². The molecular weight excluding hydrogens is 408 g/mol. The lowest BCUT2D eigenvalue weighted by Gasteiger charge is -2.28. The highest BCUT2D eigenvalue weighted by Crippen LogP contribution is 2.36.